The zero-order valence-corrected chi connectivity index (χ0v) is 14.1. The summed E-state index contributed by atoms with van der Waals surface area (Å²) in [6.45, 7) is 0.947. The van der Waals surface area contributed by atoms with E-state index in [0.29, 0.717) is 37.7 Å². The number of thiophene rings is 1. The van der Waals surface area contributed by atoms with E-state index in [-0.39, 0.29) is 5.92 Å². The lowest BCUT2D eigenvalue weighted by atomic mass is 9.98. The molecule has 3 heterocycles. The molecule has 0 radical (unpaired) electrons. The second-order valence-electron chi connectivity index (χ2n) is 5.42. The first-order valence-electron chi connectivity index (χ1n) is 7.02. The Kier molecular flexibility index (Phi) is 4.31. The highest BCUT2D eigenvalue weighted by molar-refractivity contribution is 7.86. The molecule has 9 heteroatoms. The highest BCUT2D eigenvalue weighted by Gasteiger charge is 2.32. The third kappa shape index (κ3) is 2.94. The summed E-state index contributed by atoms with van der Waals surface area (Å²) in [5, 5.41) is 12.1. The summed E-state index contributed by atoms with van der Waals surface area (Å²) in [4.78, 5) is 0. The summed E-state index contributed by atoms with van der Waals surface area (Å²) in [7, 11) is -0.238. The quantitative estimate of drug-likeness (QED) is 0.846. The van der Waals surface area contributed by atoms with Crippen molar-refractivity contribution in [2.24, 2.45) is 0 Å². The molecule has 1 saturated heterocycles. The van der Waals surface area contributed by atoms with Gasteiger partial charge in [-0.3, -0.25) is 0 Å². The molecule has 0 unspecified atom stereocenters. The Morgan fingerprint density at radius 3 is 2.64 bits per heavy atom. The first kappa shape index (κ1) is 15.6. The van der Waals surface area contributed by atoms with Crippen LogP contribution in [0.3, 0.4) is 0 Å². The highest BCUT2D eigenvalue weighted by Crippen LogP contribution is 2.30. The van der Waals surface area contributed by atoms with Crippen molar-refractivity contribution in [3.63, 3.8) is 0 Å². The molecule has 0 bridgehead atoms. The van der Waals surface area contributed by atoms with Crippen LogP contribution in [0.15, 0.2) is 21.2 Å². The molecule has 1 aliphatic rings. The molecule has 7 nitrogen and oxygen atoms in total. The van der Waals surface area contributed by atoms with Crippen LogP contribution in [0.1, 0.15) is 24.7 Å². The van der Waals surface area contributed by atoms with Crippen LogP contribution in [-0.4, -0.2) is 54.4 Å². The molecule has 3 rings (SSSR count). The van der Waals surface area contributed by atoms with Gasteiger partial charge in [0.15, 0.2) is 0 Å². The molecule has 1 aliphatic heterocycles. The molecule has 0 N–H and O–H groups in total. The lowest BCUT2D eigenvalue weighted by Crippen LogP contribution is -2.44. The van der Waals surface area contributed by atoms with E-state index in [4.69, 9.17) is 4.42 Å². The number of hydrogen-bond donors (Lipinski definition) is 0. The largest absolute Gasteiger partial charge is 0.420 e. The Morgan fingerprint density at radius 2 is 2.05 bits per heavy atom. The number of nitrogens with zero attached hydrogens (tertiary/aromatic N) is 4. The van der Waals surface area contributed by atoms with Gasteiger partial charge in [-0.05, 0) is 24.3 Å². The topological polar surface area (TPSA) is 79.5 Å². The van der Waals surface area contributed by atoms with Crippen LogP contribution in [0.2, 0.25) is 0 Å². The molecule has 2 aromatic rings. The van der Waals surface area contributed by atoms with Gasteiger partial charge in [0.1, 0.15) is 0 Å². The van der Waals surface area contributed by atoms with Crippen LogP contribution >= 0.6 is 11.3 Å². The fraction of sp³-hybridized carbons (Fsp3) is 0.538. The summed E-state index contributed by atoms with van der Waals surface area (Å²) in [5.41, 5.74) is 0.927. The fourth-order valence-electron chi connectivity index (χ4n) is 2.47. The van der Waals surface area contributed by atoms with E-state index in [2.05, 4.69) is 10.2 Å². The molecule has 1 fully saturated rings. The van der Waals surface area contributed by atoms with E-state index in [1.807, 2.05) is 16.8 Å². The third-order valence-corrected chi connectivity index (χ3v) is 6.42. The highest BCUT2D eigenvalue weighted by atomic mass is 32.2. The lowest BCUT2D eigenvalue weighted by molar-refractivity contribution is 0.279. The molecule has 2 aromatic heterocycles. The van der Waals surface area contributed by atoms with E-state index < -0.39 is 10.2 Å². The first-order valence-corrected chi connectivity index (χ1v) is 9.36. The van der Waals surface area contributed by atoms with Gasteiger partial charge in [-0.1, -0.05) is 0 Å². The van der Waals surface area contributed by atoms with Crippen LogP contribution in [0.5, 0.6) is 0 Å². The molecule has 120 valence electrons. The maximum Gasteiger partial charge on any atom is 0.281 e. The zero-order chi connectivity index (χ0) is 15.7. The summed E-state index contributed by atoms with van der Waals surface area (Å²) in [6, 6.07) is 1.94. The van der Waals surface area contributed by atoms with Gasteiger partial charge in [0.25, 0.3) is 10.2 Å². The average Bonchev–Trinajstić information content (AvgIpc) is 3.18. The van der Waals surface area contributed by atoms with E-state index in [1.54, 1.807) is 25.4 Å². The summed E-state index contributed by atoms with van der Waals surface area (Å²) in [6.07, 6.45) is 1.39. The van der Waals surface area contributed by atoms with E-state index in [0.717, 1.165) is 5.56 Å². The number of aromatic nitrogens is 2. The summed E-state index contributed by atoms with van der Waals surface area (Å²) < 4.78 is 32.7. The molecule has 0 saturated carbocycles. The van der Waals surface area contributed by atoms with Crippen molar-refractivity contribution < 1.29 is 12.8 Å². The maximum atomic E-state index is 12.1. The van der Waals surface area contributed by atoms with Crippen molar-refractivity contribution in [1.29, 1.82) is 0 Å². The minimum Gasteiger partial charge on any atom is -0.420 e. The van der Waals surface area contributed by atoms with E-state index in [9.17, 15) is 8.42 Å². The monoisotopic (exact) mass is 342 g/mol. The molecule has 0 aliphatic carbocycles. The van der Waals surface area contributed by atoms with Crippen molar-refractivity contribution in [1.82, 2.24) is 18.8 Å². The minimum atomic E-state index is -3.33. The Morgan fingerprint density at radius 1 is 1.32 bits per heavy atom. The third-order valence-electron chi connectivity index (χ3n) is 3.80. The van der Waals surface area contributed by atoms with Crippen molar-refractivity contribution >= 4 is 21.5 Å². The smallest absolute Gasteiger partial charge is 0.281 e. The summed E-state index contributed by atoms with van der Waals surface area (Å²) >= 11 is 1.58. The Labute approximate surface area is 133 Å². The Bertz CT molecular complexity index is 716. The van der Waals surface area contributed by atoms with Crippen LogP contribution in [0.25, 0.3) is 11.5 Å². The van der Waals surface area contributed by atoms with Crippen molar-refractivity contribution in [2.75, 3.05) is 27.2 Å². The second kappa shape index (κ2) is 6.07. The summed E-state index contributed by atoms with van der Waals surface area (Å²) in [5.74, 6) is 1.25. The van der Waals surface area contributed by atoms with Gasteiger partial charge in [0.2, 0.25) is 11.8 Å². The molecular weight excluding hydrogens is 324 g/mol. The van der Waals surface area contributed by atoms with Crippen molar-refractivity contribution in [3.8, 4) is 11.5 Å². The van der Waals surface area contributed by atoms with Crippen LogP contribution in [0, 0.1) is 0 Å². The number of hydrogen-bond acceptors (Lipinski definition) is 6. The molecule has 0 spiro atoms. The van der Waals surface area contributed by atoms with E-state index in [1.165, 1.54) is 8.61 Å². The van der Waals surface area contributed by atoms with Gasteiger partial charge in [0.05, 0.1) is 0 Å². The van der Waals surface area contributed by atoms with Crippen molar-refractivity contribution in [3.05, 3.63) is 22.7 Å². The van der Waals surface area contributed by atoms with Crippen molar-refractivity contribution in [2.45, 2.75) is 18.8 Å². The molecule has 22 heavy (non-hydrogen) atoms. The molecular formula is C13H18N4O3S2. The van der Waals surface area contributed by atoms with Gasteiger partial charge < -0.3 is 4.42 Å². The van der Waals surface area contributed by atoms with Crippen LogP contribution < -0.4 is 0 Å². The normalized spacial score (nSPS) is 18.1. The first-order chi connectivity index (χ1) is 10.5. The van der Waals surface area contributed by atoms with Gasteiger partial charge >= 0.3 is 0 Å². The Balaban J connectivity index is 1.67. The van der Waals surface area contributed by atoms with Crippen LogP contribution in [0.4, 0.5) is 0 Å². The van der Waals surface area contributed by atoms with Crippen LogP contribution in [-0.2, 0) is 10.2 Å². The molecule has 0 amide bonds. The van der Waals surface area contributed by atoms with Gasteiger partial charge in [0, 0.05) is 44.0 Å². The maximum absolute atomic E-state index is 12.1. The van der Waals surface area contributed by atoms with Gasteiger partial charge in [-0.25, -0.2) is 0 Å². The molecule has 0 aromatic carbocycles. The van der Waals surface area contributed by atoms with Gasteiger partial charge in [-0.2, -0.15) is 28.4 Å². The SMILES string of the molecule is CN(C)S(=O)(=O)N1CCC(c2nnc(-c3ccsc3)o2)CC1. The Hall–Kier alpha value is -1.29. The zero-order valence-electron chi connectivity index (χ0n) is 12.5. The number of rotatable bonds is 4. The number of piperidine rings is 1. The minimum absolute atomic E-state index is 0.119. The lowest BCUT2D eigenvalue weighted by Gasteiger charge is -2.31. The standard InChI is InChI=1S/C13H18N4O3S2/c1-16(2)22(18,19)17-6-3-10(4-7-17)12-14-15-13(20-12)11-5-8-21-9-11/h5,8-10H,3-4,6-7H2,1-2H3. The fourth-order valence-corrected chi connectivity index (χ4v) is 4.23. The predicted octanol–water partition coefficient (Wildman–Crippen LogP) is 1.78. The second-order valence-corrected chi connectivity index (χ2v) is 8.34. The average molecular weight is 342 g/mol. The predicted molar refractivity (Wildman–Crippen MR) is 83.8 cm³/mol. The van der Waals surface area contributed by atoms with Gasteiger partial charge in [-0.15, -0.1) is 10.2 Å². The molecule has 0 atom stereocenters. The van der Waals surface area contributed by atoms with E-state index >= 15 is 0 Å².